The van der Waals surface area contributed by atoms with Gasteiger partial charge in [0.15, 0.2) is 5.66 Å². The van der Waals surface area contributed by atoms with Crippen molar-refractivity contribution in [3.8, 4) is 0 Å². The van der Waals surface area contributed by atoms with Gasteiger partial charge in [-0.25, -0.2) is 0 Å². The van der Waals surface area contributed by atoms with Gasteiger partial charge in [-0.2, -0.15) is 0 Å². The van der Waals surface area contributed by atoms with Crippen molar-refractivity contribution in [2.24, 2.45) is 0 Å². The Balaban J connectivity index is 2.01. The number of benzene rings is 3. The van der Waals surface area contributed by atoms with E-state index >= 15 is 0 Å². The lowest BCUT2D eigenvalue weighted by Gasteiger charge is -2.28. The smallest absolute Gasteiger partial charge is 0.332 e. The Bertz CT molecular complexity index is 1170. The van der Waals surface area contributed by atoms with E-state index in [0.29, 0.717) is 18.7 Å². The average molecular weight is 510 g/mol. The van der Waals surface area contributed by atoms with E-state index in [2.05, 4.69) is 5.32 Å². The zero-order valence-electron chi connectivity index (χ0n) is 21.5. The number of fused-ring (bicyclic) bond motifs is 1. The summed E-state index contributed by atoms with van der Waals surface area (Å²) in [5.41, 5.74) is 0.400. The predicted molar refractivity (Wildman–Crippen MR) is 147 cm³/mol. The zero-order valence-corrected chi connectivity index (χ0v) is 22.4. The van der Waals surface area contributed by atoms with E-state index in [-0.39, 0.29) is 13.2 Å². The molecule has 7 nitrogen and oxygen atoms in total. The Labute approximate surface area is 214 Å². The molecule has 0 heterocycles. The molecular weight excluding hydrogens is 473 g/mol. The van der Waals surface area contributed by atoms with Crippen LogP contribution in [0.15, 0.2) is 79.0 Å². The second-order valence-corrected chi connectivity index (χ2v) is 11.1. The van der Waals surface area contributed by atoms with E-state index < -0.39 is 19.2 Å². The topological polar surface area (TPSA) is 71.1 Å². The summed E-state index contributed by atoms with van der Waals surface area (Å²) in [7, 11) is 3.69. The molecule has 0 aromatic heterocycles. The minimum absolute atomic E-state index is 0.167. The normalized spacial score (nSPS) is 13.1. The summed E-state index contributed by atoms with van der Waals surface area (Å²) < 4.78 is 26.4. The highest BCUT2D eigenvalue weighted by atomic mass is 31.2. The first-order chi connectivity index (χ1) is 17.3. The van der Waals surface area contributed by atoms with Crippen molar-refractivity contribution in [1.29, 1.82) is 0 Å². The molecule has 0 spiro atoms. The molecule has 3 aromatic carbocycles. The molecule has 1 amide bonds. The molecule has 1 N–H and O–H groups in total. The summed E-state index contributed by atoms with van der Waals surface area (Å²) in [5, 5.41) is 4.60. The predicted octanol–water partition coefficient (Wildman–Crippen LogP) is 5.02. The van der Waals surface area contributed by atoms with E-state index in [1.165, 1.54) is 0 Å². The molecule has 3 rings (SSSR count). The van der Waals surface area contributed by atoms with Crippen molar-refractivity contribution in [1.82, 2.24) is 15.1 Å². The molecule has 0 aliphatic heterocycles. The zero-order chi connectivity index (χ0) is 26.0. The van der Waals surface area contributed by atoms with Gasteiger partial charge in [0.25, 0.3) is 0 Å². The van der Waals surface area contributed by atoms with Crippen molar-refractivity contribution in [2.45, 2.75) is 5.66 Å². The maximum Gasteiger partial charge on any atom is 0.347 e. The first-order valence-electron chi connectivity index (χ1n) is 12.0. The summed E-state index contributed by atoms with van der Waals surface area (Å²) in [6.45, 7) is 1.42. The fourth-order valence-corrected chi connectivity index (χ4v) is 5.67. The summed E-state index contributed by atoms with van der Waals surface area (Å²) in [5.74, 6) is -0.448. The van der Waals surface area contributed by atoms with Gasteiger partial charge in [-0.1, -0.05) is 72.8 Å². The number of hydrogen-bond donors (Lipinski definition) is 1. The second kappa shape index (κ2) is 13.5. The first-order valence-corrected chi connectivity index (χ1v) is 13.6. The molecular formula is C28H36N3O4P. The highest BCUT2D eigenvalue weighted by Gasteiger charge is 2.43. The number of rotatable bonds is 13. The van der Waals surface area contributed by atoms with Crippen LogP contribution in [0.3, 0.4) is 0 Å². The van der Waals surface area contributed by atoms with E-state index in [4.69, 9.17) is 9.05 Å². The summed E-state index contributed by atoms with van der Waals surface area (Å²) in [4.78, 5) is 17.6. The monoisotopic (exact) mass is 509 g/mol. The summed E-state index contributed by atoms with van der Waals surface area (Å²) in [6.07, 6.45) is 3.36. The second-order valence-electron chi connectivity index (χ2n) is 9.04. The average Bonchev–Trinajstić information content (AvgIpc) is 2.84. The van der Waals surface area contributed by atoms with Gasteiger partial charge >= 0.3 is 7.60 Å². The van der Waals surface area contributed by atoms with Crippen molar-refractivity contribution in [3.63, 3.8) is 0 Å². The Kier molecular flexibility index (Phi) is 10.4. The van der Waals surface area contributed by atoms with Crippen LogP contribution in [0.25, 0.3) is 16.8 Å². The maximum atomic E-state index is 14.4. The number of nitrogens with zero attached hydrogens (tertiary/aromatic N) is 2. The van der Waals surface area contributed by atoms with Gasteiger partial charge in [0.1, 0.15) is 0 Å². The van der Waals surface area contributed by atoms with Gasteiger partial charge in [0, 0.05) is 19.3 Å². The van der Waals surface area contributed by atoms with Crippen LogP contribution < -0.4 is 5.32 Å². The van der Waals surface area contributed by atoms with Crippen LogP contribution in [0.1, 0.15) is 16.8 Å². The van der Waals surface area contributed by atoms with Gasteiger partial charge in [-0.15, -0.1) is 0 Å². The lowest BCUT2D eigenvalue weighted by Crippen LogP contribution is -2.28. The molecule has 192 valence electrons. The number of nitrogens with one attached hydrogen (secondary N) is 1. The Morgan fingerprint density at radius 3 is 2.08 bits per heavy atom. The lowest BCUT2D eigenvalue weighted by molar-refractivity contribution is -0.120. The van der Waals surface area contributed by atoms with Crippen LogP contribution in [0.4, 0.5) is 0 Å². The van der Waals surface area contributed by atoms with E-state index in [9.17, 15) is 9.36 Å². The highest BCUT2D eigenvalue weighted by Crippen LogP contribution is 2.62. The van der Waals surface area contributed by atoms with E-state index in [1.807, 2.05) is 111 Å². The number of likely N-dealkylation sites (N-methyl/N-ethyl adjacent to an activating group) is 2. The molecule has 1 unspecified atom stereocenters. The molecule has 0 saturated heterocycles. The van der Waals surface area contributed by atoms with Gasteiger partial charge in [0.2, 0.25) is 5.91 Å². The Hall–Kier alpha value is -2.80. The first kappa shape index (κ1) is 27.8. The minimum atomic E-state index is -3.94. The number of carbonyl (C=O) groups excluding carboxylic acids is 1. The van der Waals surface area contributed by atoms with Crippen LogP contribution >= 0.6 is 7.60 Å². The van der Waals surface area contributed by atoms with Gasteiger partial charge < -0.3 is 24.2 Å². The van der Waals surface area contributed by atoms with Gasteiger partial charge in [-0.05, 0) is 56.2 Å². The van der Waals surface area contributed by atoms with E-state index in [0.717, 1.165) is 16.3 Å². The molecule has 3 aromatic rings. The van der Waals surface area contributed by atoms with Crippen molar-refractivity contribution >= 4 is 30.4 Å². The SMILES string of the molecule is CN(C)CCOP(=O)(OCCN(C)C)C(C(=O)NC=Cc1ccccc1)c1cccc2ccccc12. The van der Waals surface area contributed by atoms with E-state index in [1.54, 1.807) is 12.3 Å². The number of amides is 1. The number of hydrogen-bond acceptors (Lipinski definition) is 6. The van der Waals surface area contributed by atoms with Crippen LogP contribution in [0, 0.1) is 0 Å². The molecule has 0 bridgehead atoms. The summed E-state index contributed by atoms with van der Waals surface area (Å²) >= 11 is 0. The Morgan fingerprint density at radius 2 is 1.44 bits per heavy atom. The summed E-state index contributed by atoms with van der Waals surface area (Å²) in [6, 6.07) is 23.0. The number of carbonyl (C=O) groups is 1. The van der Waals surface area contributed by atoms with Crippen LogP contribution in [-0.2, 0) is 18.4 Å². The van der Waals surface area contributed by atoms with Crippen LogP contribution in [-0.4, -0.2) is 70.2 Å². The lowest BCUT2D eigenvalue weighted by atomic mass is 10.0. The molecule has 0 saturated carbocycles. The van der Waals surface area contributed by atoms with Crippen molar-refractivity contribution in [3.05, 3.63) is 90.1 Å². The quantitative estimate of drug-likeness (QED) is 0.327. The van der Waals surface area contributed by atoms with Crippen molar-refractivity contribution in [2.75, 3.05) is 54.5 Å². The standard InChI is InChI=1S/C28H36N3O4P/c1-30(2)19-21-34-36(33,35-22-20-31(3)4)27(26-16-10-14-24-13-8-9-15-25(24)26)28(32)29-18-17-23-11-6-5-7-12-23/h5-18,27H,19-22H2,1-4H3,(H,29,32). The third-order valence-electron chi connectivity index (χ3n) is 5.60. The fourth-order valence-electron chi connectivity index (χ4n) is 3.69. The minimum Gasteiger partial charge on any atom is -0.332 e. The third-order valence-corrected chi connectivity index (χ3v) is 7.83. The Morgan fingerprint density at radius 1 is 0.861 bits per heavy atom. The molecule has 0 aliphatic carbocycles. The van der Waals surface area contributed by atoms with Gasteiger partial charge in [0.05, 0.1) is 13.2 Å². The molecule has 36 heavy (non-hydrogen) atoms. The molecule has 0 fully saturated rings. The van der Waals surface area contributed by atoms with Gasteiger partial charge in [-0.3, -0.25) is 9.36 Å². The van der Waals surface area contributed by atoms with Crippen LogP contribution in [0.5, 0.6) is 0 Å². The molecule has 0 radical (unpaired) electrons. The molecule has 8 heteroatoms. The molecule has 1 atom stereocenters. The third kappa shape index (κ3) is 7.85. The fraction of sp³-hybridized carbons (Fsp3) is 0.321. The highest BCUT2D eigenvalue weighted by molar-refractivity contribution is 7.55. The van der Waals surface area contributed by atoms with Crippen LogP contribution in [0.2, 0.25) is 0 Å². The van der Waals surface area contributed by atoms with Crippen molar-refractivity contribution < 1.29 is 18.4 Å². The largest absolute Gasteiger partial charge is 0.347 e. The maximum absolute atomic E-state index is 14.4. The molecule has 0 aliphatic rings.